The van der Waals surface area contributed by atoms with Crippen LogP contribution in [0.25, 0.3) is 0 Å². The lowest BCUT2D eigenvalue weighted by Gasteiger charge is -2.09. The van der Waals surface area contributed by atoms with Crippen LogP contribution < -0.4 is 9.47 Å². The first-order valence-corrected chi connectivity index (χ1v) is 7.20. The molecule has 1 atom stereocenters. The molecule has 0 radical (unpaired) electrons. The predicted molar refractivity (Wildman–Crippen MR) is 76.0 cm³/mol. The van der Waals surface area contributed by atoms with Gasteiger partial charge >= 0.3 is 0 Å². The van der Waals surface area contributed by atoms with E-state index in [-0.39, 0.29) is 11.0 Å². The highest BCUT2D eigenvalue weighted by molar-refractivity contribution is 8.00. The minimum Gasteiger partial charge on any atom is -0.493 e. The molecule has 7 nitrogen and oxygen atoms in total. The number of aryl methyl sites for hydroxylation is 1. The summed E-state index contributed by atoms with van der Waals surface area (Å²) < 4.78 is 12.1. The number of aromatic nitrogens is 4. The van der Waals surface area contributed by atoms with Gasteiger partial charge in [0.25, 0.3) is 0 Å². The van der Waals surface area contributed by atoms with E-state index in [2.05, 4.69) is 15.5 Å². The van der Waals surface area contributed by atoms with Crippen molar-refractivity contribution in [2.45, 2.75) is 16.8 Å². The van der Waals surface area contributed by atoms with E-state index < -0.39 is 0 Å². The van der Waals surface area contributed by atoms with Crippen LogP contribution in [-0.2, 0) is 13.5 Å². The van der Waals surface area contributed by atoms with Crippen molar-refractivity contribution in [2.24, 2.45) is 7.05 Å². The average molecular weight is 306 g/mol. The Morgan fingerprint density at radius 2 is 2.00 bits per heavy atom. The Labute approximate surface area is 125 Å². The first-order chi connectivity index (χ1) is 10.1. The van der Waals surface area contributed by atoms with Gasteiger partial charge in [-0.05, 0) is 34.5 Å². The molecule has 0 aliphatic heterocycles. The van der Waals surface area contributed by atoms with E-state index in [1.54, 1.807) is 32.0 Å². The van der Waals surface area contributed by atoms with Gasteiger partial charge in [-0.2, -0.15) is 0 Å². The zero-order valence-corrected chi connectivity index (χ0v) is 12.7. The molecule has 0 bridgehead atoms. The fourth-order valence-corrected chi connectivity index (χ4v) is 3.35. The monoisotopic (exact) mass is 306 g/mol. The molecule has 110 valence electrons. The van der Waals surface area contributed by atoms with E-state index in [0.29, 0.717) is 28.6 Å². The van der Waals surface area contributed by atoms with Crippen LogP contribution in [0.15, 0.2) is 17.3 Å². The predicted octanol–water partition coefficient (Wildman–Crippen LogP) is 1.13. The summed E-state index contributed by atoms with van der Waals surface area (Å²) in [6.07, 6.45) is 0.631. The third-order valence-corrected chi connectivity index (χ3v) is 4.62. The number of Topliss-reactive ketones (excluding diaryl/α,β-unsaturated/α-hetero) is 1. The summed E-state index contributed by atoms with van der Waals surface area (Å²) in [6, 6.07) is 3.60. The summed E-state index contributed by atoms with van der Waals surface area (Å²) in [6.45, 7) is 0. The van der Waals surface area contributed by atoms with E-state index in [0.717, 1.165) is 5.56 Å². The molecule has 1 aromatic heterocycles. The number of fused-ring (bicyclic) bond motifs is 1. The number of hydrogen-bond donors (Lipinski definition) is 0. The molecule has 0 amide bonds. The molecule has 0 spiro atoms. The molecular weight excluding hydrogens is 292 g/mol. The number of thioether (sulfide) groups is 1. The lowest BCUT2D eigenvalue weighted by atomic mass is 10.1. The quantitative estimate of drug-likeness (QED) is 0.837. The SMILES string of the molecule is COc1cc2c(cc1OC)C(=O)C(Sc1nnnn1C)C2. The summed E-state index contributed by atoms with van der Waals surface area (Å²) in [4.78, 5) is 12.5. The number of carbonyl (C=O) groups excluding carboxylic acids is 1. The van der Waals surface area contributed by atoms with Crippen LogP contribution in [0, 0.1) is 0 Å². The van der Waals surface area contributed by atoms with Gasteiger partial charge in [0.1, 0.15) is 0 Å². The maximum absolute atomic E-state index is 12.5. The van der Waals surface area contributed by atoms with Crippen molar-refractivity contribution in [3.05, 3.63) is 23.3 Å². The molecule has 0 fully saturated rings. The Bertz CT molecular complexity index is 701. The lowest BCUT2D eigenvalue weighted by Crippen LogP contribution is -2.12. The molecule has 8 heteroatoms. The number of benzene rings is 1. The molecule has 1 aromatic carbocycles. The summed E-state index contributed by atoms with van der Waals surface area (Å²) in [5.74, 6) is 1.27. The summed E-state index contributed by atoms with van der Waals surface area (Å²) in [5, 5.41) is 11.7. The van der Waals surface area contributed by atoms with Gasteiger partial charge < -0.3 is 9.47 Å². The Hall–Kier alpha value is -2.09. The highest BCUT2D eigenvalue weighted by Crippen LogP contribution is 2.39. The van der Waals surface area contributed by atoms with Crippen molar-refractivity contribution in [1.29, 1.82) is 0 Å². The number of hydrogen-bond acceptors (Lipinski definition) is 7. The summed E-state index contributed by atoms with van der Waals surface area (Å²) >= 11 is 1.37. The van der Waals surface area contributed by atoms with Crippen molar-refractivity contribution in [1.82, 2.24) is 20.2 Å². The van der Waals surface area contributed by atoms with E-state index in [1.807, 2.05) is 6.07 Å². The molecule has 0 saturated carbocycles. The molecular formula is C13H14N4O3S. The highest BCUT2D eigenvalue weighted by atomic mass is 32.2. The third kappa shape index (κ3) is 2.35. The molecule has 21 heavy (non-hydrogen) atoms. The van der Waals surface area contributed by atoms with Gasteiger partial charge in [-0.15, -0.1) is 5.10 Å². The van der Waals surface area contributed by atoms with Crippen molar-refractivity contribution in [2.75, 3.05) is 14.2 Å². The second kappa shape index (κ2) is 5.36. The maximum atomic E-state index is 12.5. The van der Waals surface area contributed by atoms with Gasteiger partial charge in [0.15, 0.2) is 17.3 Å². The zero-order valence-electron chi connectivity index (χ0n) is 11.9. The smallest absolute Gasteiger partial charge is 0.209 e. The Balaban J connectivity index is 1.90. The number of ketones is 1. The lowest BCUT2D eigenvalue weighted by molar-refractivity contribution is 0.1000. The first-order valence-electron chi connectivity index (χ1n) is 6.32. The average Bonchev–Trinajstić information content (AvgIpc) is 3.03. The van der Waals surface area contributed by atoms with E-state index in [1.165, 1.54) is 11.8 Å². The summed E-state index contributed by atoms with van der Waals surface area (Å²) in [5.41, 5.74) is 1.64. The van der Waals surface area contributed by atoms with Crippen LogP contribution in [0.3, 0.4) is 0 Å². The maximum Gasteiger partial charge on any atom is 0.209 e. The molecule has 0 N–H and O–H groups in total. The second-order valence-corrected chi connectivity index (χ2v) is 5.79. The number of ether oxygens (including phenoxy) is 2. The molecule has 1 aliphatic carbocycles. The topological polar surface area (TPSA) is 79.1 Å². The van der Waals surface area contributed by atoms with E-state index >= 15 is 0 Å². The van der Waals surface area contributed by atoms with Crippen molar-refractivity contribution >= 4 is 17.5 Å². The minimum atomic E-state index is -0.221. The minimum absolute atomic E-state index is 0.0685. The van der Waals surface area contributed by atoms with E-state index in [4.69, 9.17) is 9.47 Å². The summed E-state index contributed by atoms with van der Waals surface area (Å²) in [7, 11) is 4.89. The van der Waals surface area contributed by atoms with Gasteiger partial charge in [-0.3, -0.25) is 4.79 Å². The molecule has 1 heterocycles. The zero-order chi connectivity index (χ0) is 15.0. The fourth-order valence-electron chi connectivity index (χ4n) is 2.33. The van der Waals surface area contributed by atoms with Crippen molar-refractivity contribution in [3.63, 3.8) is 0 Å². The Morgan fingerprint density at radius 1 is 1.29 bits per heavy atom. The molecule has 2 aromatic rings. The van der Waals surface area contributed by atoms with Gasteiger partial charge in [-0.1, -0.05) is 11.8 Å². The number of methoxy groups -OCH3 is 2. The number of nitrogens with zero attached hydrogens (tertiary/aromatic N) is 4. The van der Waals surface area contributed by atoms with Crippen molar-refractivity contribution in [3.8, 4) is 11.5 Å². The second-order valence-electron chi connectivity index (χ2n) is 4.62. The molecule has 1 unspecified atom stereocenters. The molecule has 3 rings (SSSR count). The largest absolute Gasteiger partial charge is 0.493 e. The molecule has 0 saturated heterocycles. The van der Waals surface area contributed by atoms with Crippen LogP contribution in [-0.4, -0.2) is 45.5 Å². The van der Waals surface area contributed by atoms with Crippen LogP contribution >= 0.6 is 11.8 Å². The van der Waals surface area contributed by atoms with Crippen LogP contribution in [0.1, 0.15) is 15.9 Å². The Morgan fingerprint density at radius 3 is 2.62 bits per heavy atom. The third-order valence-electron chi connectivity index (χ3n) is 3.40. The standard InChI is InChI=1S/C13H14N4O3S/c1-17-13(14-15-16-17)21-11-5-7-4-9(19-2)10(20-3)6-8(7)12(11)18/h4,6,11H,5H2,1-3H3. The first kappa shape index (κ1) is 13.9. The van der Waals surface area contributed by atoms with Gasteiger partial charge in [0, 0.05) is 12.6 Å². The highest BCUT2D eigenvalue weighted by Gasteiger charge is 2.34. The van der Waals surface area contributed by atoms with Gasteiger partial charge in [-0.25, -0.2) is 4.68 Å². The van der Waals surface area contributed by atoms with Crippen LogP contribution in [0.4, 0.5) is 0 Å². The van der Waals surface area contributed by atoms with Crippen LogP contribution in [0.2, 0.25) is 0 Å². The van der Waals surface area contributed by atoms with Crippen molar-refractivity contribution < 1.29 is 14.3 Å². The van der Waals surface area contributed by atoms with Gasteiger partial charge in [0.05, 0.1) is 19.5 Å². The fraction of sp³-hybridized carbons (Fsp3) is 0.385. The Kier molecular flexibility index (Phi) is 3.54. The van der Waals surface area contributed by atoms with Gasteiger partial charge in [0.2, 0.25) is 5.16 Å². The number of rotatable bonds is 4. The number of tetrazole rings is 1. The van der Waals surface area contributed by atoms with E-state index in [9.17, 15) is 4.79 Å². The van der Waals surface area contributed by atoms with Crippen LogP contribution in [0.5, 0.6) is 11.5 Å². The molecule has 1 aliphatic rings. The number of carbonyl (C=O) groups is 1. The normalized spacial score (nSPS) is 16.9.